The Hall–Kier alpha value is -3.40. The first kappa shape index (κ1) is 39.4. The van der Waals surface area contributed by atoms with Crippen molar-refractivity contribution in [1.82, 2.24) is 0 Å². The monoisotopic (exact) mass is 872 g/mol. The molecule has 2 nitrogen and oxygen atoms in total. The Morgan fingerprint density at radius 1 is 0.536 bits per heavy atom. The fourth-order valence-corrected chi connectivity index (χ4v) is 37.7. The summed E-state index contributed by atoms with van der Waals surface area (Å²) >= 11 is -5.39. The van der Waals surface area contributed by atoms with Crippen molar-refractivity contribution in [2.75, 3.05) is 0 Å². The first-order valence-electron chi connectivity index (χ1n) is 20.1. The molecule has 6 heteroatoms. The van der Waals surface area contributed by atoms with Gasteiger partial charge in [-0.15, -0.1) is 0 Å². The van der Waals surface area contributed by atoms with Crippen LogP contribution in [0.4, 0.5) is 0 Å². The van der Waals surface area contributed by atoms with Gasteiger partial charge < -0.3 is 0 Å². The van der Waals surface area contributed by atoms with Crippen LogP contribution in [0.25, 0.3) is 45.6 Å². The number of aryl methyl sites for hydroxylation is 8. The Bertz CT molecular complexity index is 2510. The molecule has 2 atom stereocenters. The Balaban J connectivity index is 1.48. The van der Waals surface area contributed by atoms with Crippen LogP contribution in [0.15, 0.2) is 93.8 Å². The average Bonchev–Trinajstić information content (AvgIpc) is 3.94. The van der Waals surface area contributed by atoms with Crippen LogP contribution in [-0.2, 0) is 27.9 Å². The number of hydrogen-bond donors (Lipinski definition) is 0. The Kier molecular flexibility index (Phi) is 10.2. The number of fused-ring (bicyclic) bond motifs is 2. The number of benzene rings is 4. The second kappa shape index (κ2) is 14.5. The zero-order valence-electron chi connectivity index (χ0n) is 34.4. The van der Waals surface area contributed by atoms with Gasteiger partial charge in [0, 0.05) is 0 Å². The van der Waals surface area contributed by atoms with Crippen LogP contribution in [0, 0.1) is 41.5 Å². The van der Waals surface area contributed by atoms with Crippen molar-refractivity contribution in [2.45, 2.75) is 88.6 Å². The molecule has 2 aliphatic carbocycles. The molecule has 0 saturated heterocycles. The maximum atomic E-state index is 9.00. The minimum absolute atomic E-state index is 0.217. The van der Waals surface area contributed by atoms with Gasteiger partial charge in [0.2, 0.25) is 0 Å². The predicted molar refractivity (Wildman–Crippen MR) is 239 cm³/mol. The molecule has 0 amide bonds. The third-order valence-electron chi connectivity index (χ3n) is 12.4. The quantitative estimate of drug-likeness (QED) is 0.142. The van der Waals surface area contributed by atoms with E-state index < -0.39 is 20.4 Å². The molecule has 0 saturated carbocycles. The molecule has 0 bridgehead atoms. The summed E-state index contributed by atoms with van der Waals surface area (Å²) in [7, 11) is 18.0. The number of rotatable bonds is 8. The topological polar surface area (TPSA) is 26.3 Å². The second-order valence-corrected chi connectivity index (χ2v) is 55.5. The van der Waals surface area contributed by atoms with Gasteiger partial charge in [-0.1, -0.05) is 0 Å². The molecule has 0 spiro atoms. The third-order valence-corrected chi connectivity index (χ3v) is 58.7. The molecule has 4 aromatic carbocycles. The van der Waals surface area contributed by atoms with E-state index in [0.717, 1.165) is 47.0 Å². The molecule has 56 heavy (non-hydrogen) atoms. The zero-order chi connectivity index (χ0) is 39.9. The fourth-order valence-electron chi connectivity index (χ4n) is 9.99. The molecule has 0 aliphatic heterocycles. The van der Waals surface area contributed by atoms with Crippen molar-refractivity contribution in [1.29, 1.82) is 0 Å². The van der Waals surface area contributed by atoms with Gasteiger partial charge in [-0.2, -0.15) is 0 Å². The summed E-state index contributed by atoms with van der Waals surface area (Å²) < 4.78 is 12.7. The number of hydrogen-bond acceptors (Lipinski definition) is 2. The molecule has 0 fully saturated rings. The van der Waals surface area contributed by atoms with Crippen LogP contribution < -0.4 is 0 Å². The molecule has 2 heterocycles. The van der Waals surface area contributed by atoms with Crippen molar-refractivity contribution >= 4 is 45.8 Å². The van der Waals surface area contributed by atoms with E-state index in [1.54, 1.807) is 0 Å². The standard InChI is InChI=1S/2C24H23O.C2H6Si.2ClH.Zr/c2*1-5-18-7-8-19-13-20(23-9-6-17(4)25-23)14-22(19)24(18)21-11-15(2)10-16(3)12-21;1-3-2;;;/h2*6-14H,5H2,1-4H3;1-2H3;2*1H;/q;;;;;+2/p-2. The summed E-state index contributed by atoms with van der Waals surface area (Å²) in [4.78, 5) is 0. The van der Waals surface area contributed by atoms with E-state index >= 15 is 0 Å². The van der Waals surface area contributed by atoms with Gasteiger partial charge in [-0.05, 0) is 0 Å². The molecule has 2 unspecified atom stereocenters. The summed E-state index contributed by atoms with van der Waals surface area (Å²) in [5, 5.41) is 0. The Morgan fingerprint density at radius 3 is 1.21 bits per heavy atom. The van der Waals surface area contributed by atoms with E-state index in [1.165, 1.54) is 77.9 Å². The molecule has 2 aliphatic rings. The summed E-state index contributed by atoms with van der Waals surface area (Å²) in [6, 6.07) is 31.6. The zero-order valence-corrected chi connectivity index (χ0v) is 39.3. The van der Waals surface area contributed by atoms with Crippen LogP contribution in [0.3, 0.4) is 0 Å². The van der Waals surface area contributed by atoms with Gasteiger partial charge >= 0.3 is 344 Å². The van der Waals surface area contributed by atoms with Gasteiger partial charge in [0.25, 0.3) is 0 Å². The van der Waals surface area contributed by atoms with Gasteiger partial charge in [-0.25, -0.2) is 0 Å². The second-order valence-electron chi connectivity index (χ2n) is 16.7. The SMILES string of the molecule is CCc1ccc2c(c1-c1cc(C)cc(C)c1)C=C(c1ccc(C)o1)[CH]2[Zr]([Cl])([Cl])([CH]1C(c2ccc(C)o2)=Cc2c1ccc(CC)c2-c1cc(C)cc(C)c1)=[Si](C)C. The van der Waals surface area contributed by atoms with Gasteiger partial charge in [0.1, 0.15) is 0 Å². The number of allylic oxidation sites excluding steroid dienone is 2. The number of furan rings is 2. The van der Waals surface area contributed by atoms with Crippen molar-refractivity contribution in [3.63, 3.8) is 0 Å². The Morgan fingerprint density at radius 2 is 0.911 bits per heavy atom. The predicted octanol–water partition coefficient (Wildman–Crippen LogP) is 15.3. The molecule has 0 radical (unpaired) electrons. The van der Waals surface area contributed by atoms with E-state index in [1.807, 2.05) is 13.8 Å². The van der Waals surface area contributed by atoms with E-state index in [4.69, 9.17) is 25.9 Å². The van der Waals surface area contributed by atoms with Crippen molar-refractivity contribution in [2.24, 2.45) is 0 Å². The maximum absolute atomic E-state index is 9.00. The van der Waals surface area contributed by atoms with E-state index in [0.29, 0.717) is 0 Å². The molecular formula is C50H52Cl2O2SiZr. The van der Waals surface area contributed by atoms with Crippen LogP contribution in [0.1, 0.15) is 99.8 Å². The van der Waals surface area contributed by atoms with Crippen LogP contribution >= 0.6 is 17.0 Å². The Labute approximate surface area is 341 Å². The molecule has 2 aromatic heterocycles. The van der Waals surface area contributed by atoms with Gasteiger partial charge in [-0.3, -0.25) is 0 Å². The van der Waals surface area contributed by atoms with Crippen molar-refractivity contribution < 1.29 is 23.8 Å². The minimum atomic E-state index is -5.39. The molecule has 6 aromatic rings. The molecule has 8 rings (SSSR count). The van der Waals surface area contributed by atoms with E-state index in [9.17, 15) is 0 Å². The first-order chi connectivity index (χ1) is 26.6. The van der Waals surface area contributed by atoms with Crippen LogP contribution in [-0.4, -0.2) is 5.43 Å². The molecule has 0 N–H and O–H groups in total. The van der Waals surface area contributed by atoms with Crippen molar-refractivity contribution in [3.05, 3.63) is 164 Å². The van der Waals surface area contributed by atoms with Gasteiger partial charge in [0.15, 0.2) is 0 Å². The summed E-state index contributed by atoms with van der Waals surface area (Å²) in [5.41, 5.74) is 18.4. The number of halogens is 2. The third kappa shape index (κ3) is 6.30. The van der Waals surface area contributed by atoms with E-state index in [-0.39, 0.29) is 7.25 Å². The van der Waals surface area contributed by atoms with Crippen molar-refractivity contribution in [3.8, 4) is 22.3 Å². The normalized spacial score (nSPS) is 16.5. The fraction of sp³-hybridized carbons (Fsp3) is 0.280. The summed E-state index contributed by atoms with van der Waals surface area (Å²) in [6.07, 6.45) is 6.62. The van der Waals surface area contributed by atoms with E-state index in [2.05, 4.69) is 152 Å². The van der Waals surface area contributed by atoms with Crippen LogP contribution in [0.2, 0.25) is 13.1 Å². The molecular weight excluding hydrogens is 823 g/mol. The first-order valence-corrected chi connectivity index (χ1v) is 35.4. The van der Waals surface area contributed by atoms with Crippen LogP contribution in [0.5, 0.6) is 0 Å². The summed E-state index contributed by atoms with van der Waals surface area (Å²) in [6.45, 7) is 22.1. The average molecular weight is 875 g/mol. The molecule has 286 valence electrons. The van der Waals surface area contributed by atoms with Gasteiger partial charge in [0.05, 0.1) is 0 Å². The summed E-state index contributed by atoms with van der Waals surface area (Å²) in [5.74, 6) is 3.46.